The predicted molar refractivity (Wildman–Crippen MR) is 113 cm³/mol. The second-order valence-corrected chi connectivity index (χ2v) is 9.99. The Hall–Kier alpha value is -2.56. The van der Waals surface area contributed by atoms with Crippen molar-refractivity contribution in [1.29, 1.82) is 0 Å². The number of benzene rings is 2. The number of para-hydroxylation sites is 1. The van der Waals surface area contributed by atoms with E-state index in [1.807, 2.05) is 0 Å². The summed E-state index contributed by atoms with van der Waals surface area (Å²) in [6.07, 6.45) is -3.89. The van der Waals surface area contributed by atoms with Gasteiger partial charge in [-0.1, -0.05) is 17.7 Å². The summed E-state index contributed by atoms with van der Waals surface area (Å²) in [5, 5.41) is 5.63. The van der Waals surface area contributed by atoms with Crippen LogP contribution in [0.1, 0.15) is 24.8 Å². The summed E-state index contributed by atoms with van der Waals surface area (Å²) >= 11 is 6.12. The van der Waals surface area contributed by atoms with Crippen LogP contribution in [-0.4, -0.2) is 19.8 Å². The number of hydrogen-bond acceptors (Lipinski definition) is 5. The SMILES string of the molecule is NS(=O)(=O)C1(CCOc2cc(C(F)(F)F)ccc2-c2cc(=O)c3cccc(Cl)c3o2)CC1. The van der Waals surface area contributed by atoms with Gasteiger partial charge in [-0.15, -0.1) is 0 Å². The maximum atomic E-state index is 13.3. The summed E-state index contributed by atoms with van der Waals surface area (Å²) in [5.74, 6) is -0.244. The number of primary sulfonamides is 1. The normalized spacial score (nSPS) is 15.7. The lowest BCUT2D eigenvalue weighted by Crippen LogP contribution is -2.32. The molecule has 1 aromatic heterocycles. The number of ether oxygens (including phenoxy) is 1. The van der Waals surface area contributed by atoms with E-state index in [-0.39, 0.29) is 46.1 Å². The summed E-state index contributed by atoms with van der Waals surface area (Å²) in [5.41, 5.74) is -1.21. The molecule has 11 heteroatoms. The molecule has 4 rings (SSSR count). The van der Waals surface area contributed by atoms with Gasteiger partial charge in [-0.25, -0.2) is 13.6 Å². The summed E-state index contributed by atoms with van der Waals surface area (Å²) in [4.78, 5) is 12.5. The summed E-state index contributed by atoms with van der Waals surface area (Å²) in [7, 11) is -3.81. The zero-order chi connectivity index (χ0) is 23.3. The van der Waals surface area contributed by atoms with Crippen molar-refractivity contribution in [1.82, 2.24) is 0 Å². The smallest absolute Gasteiger partial charge is 0.416 e. The zero-order valence-electron chi connectivity index (χ0n) is 16.4. The monoisotopic (exact) mass is 487 g/mol. The number of rotatable bonds is 6. The number of alkyl halides is 3. The van der Waals surface area contributed by atoms with Crippen LogP contribution in [0.5, 0.6) is 5.75 Å². The van der Waals surface area contributed by atoms with E-state index in [0.29, 0.717) is 12.8 Å². The third kappa shape index (κ3) is 4.22. The molecule has 1 heterocycles. The number of fused-ring (bicyclic) bond motifs is 1. The van der Waals surface area contributed by atoms with Gasteiger partial charge in [0.25, 0.3) is 0 Å². The lowest BCUT2D eigenvalue weighted by Gasteiger charge is -2.17. The Balaban J connectivity index is 1.74. The number of halogens is 4. The second-order valence-electron chi connectivity index (χ2n) is 7.63. The molecule has 2 aromatic carbocycles. The van der Waals surface area contributed by atoms with Crippen LogP contribution in [0.4, 0.5) is 13.2 Å². The van der Waals surface area contributed by atoms with E-state index >= 15 is 0 Å². The summed E-state index contributed by atoms with van der Waals surface area (Å²) < 4.78 is 73.4. The Kier molecular flexibility index (Phi) is 5.51. The fourth-order valence-electron chi connectivity index (χ4n) is 3.46. The minimum atomic E-state index is -4.64. The highest BCUT2D eigenvalue weighted by molar-refractivity contribution is 7.90. The maximum Gasteiger partial charge on any atom is 0.416 e. The Labute approximate surface area is 185 Å². The maximum absolute atomic E-state index is 13.3. The van der Waals surface area contributed by atoms with Gasteiger partial charge in [-0.3, -0.25) is 4.79 Å². The molecule has 0 unspecified atom stereocenters. The van der Waals surface area contributed by atoms with E-state index in [1.165, 1.54) is 12.1 Å². The van der Waals surface area contributed by atoms with Crippen molar-refractivity contribution in [2.45, 2.75) is 30.2 Å². The van der Waals surface area contributed by atoms with E-state index in [1.54, 1.807) is 6.07 Å². The van der Waals surface area contributed by atoms with Gasteiger partial charge in [0.2, 0.25) is 10.0 Å². The molecule has 32 heavy (non-hydrogen) atoms. The molecule has 0 radical (unpaired) electrons. The Bertz CT molecular complexity index is 1360. The molecule has 6 nitrogen and oxygen atoms in total. The summed E-state index contributed by atoms with van der Waals surface area (Å²) in [6, 6.07) is 8.50. The van der Waals surface area contributed by atoms with Gasteiger partial charge in [0, 0.05) is 12.5 Å². The first-order chi connectivity index (χ1) is 14.9. The van der Waals surface area contributed by atoms with Crippen LogP contribution in [-0.2, 0) is 16.2 Å². The highest BCUT2D eigenvalue weighted by atomic mass is 35.5. The highest BCUT2D eigenvalue weighted by Gasteiger charge is 2.52. The minimum Gasteiger partial charge on any atom is -0.493 e. The van der Waals surface area contributed by atoms with Crippen molar-refractivity contribution in [2.24, 2.45) is 5.14 Å². The lowest BCUT2D eigenvalue weighted by atomic mass is 10.1. The van der Waals surface area contributed by atoms with Gasteiger partial charge >= 0.3 is 6.18 Å². The molecule has 3 aromatic rings. The van der Waals surface area contributed by atoms with Crippen LogP contribution < -0.4 is 15.3 Å². The van der Waals surface area contributed by atoms with Crippen LogP contribution in [0, 0.1) is 0 Å². The van der Waals surface area contributed by atoms with Gasteiger partial charge < -0.3 is 9.15 Å². The average Bonchev–Trinajstić information content (AvgIpc) is 3.49. The van der Waals surface area contributed by atoms with E-state index < -0.39 is 31.9 Å². The molecule has 2 N–H and O–H groups in total. The first-order valence-electron chi connectivity index (χ1n) is 9.50. The van der Waals surface area contributed by atoms with Crippen LogP contribution in [0.3, 0.4) is 0 Å². The molecule has 0 bridgehead atoms. The third-order valence-electron chi connectivity index (χ3n) is 5.51. The lowest BCUT2D eigenvalue weighted by molar-refractivity contribution is -0.137. The highest BCUT2D eigenvalue weighted by Crippen LogP contribution is 2.45. The first kappa shape index (κ1) is 22.6. The van der Waals surface area contributed by atoms with Crippen LogP contribution >= 0.6 is 11.6 Å². The second kappa shape index (κ2) is 7.79. The van der Waals surface area contributed by atoms with Crippen molar-refractivity contribution >= 4 is 32.6 Å². The zero-order valence-corrected chi connectivity index (χ0v) is 18.0. The number of nitrogens with two attached hydrogens (primary N) is 1. The van der Waals surface area contributed by atoms with Crippen molar-refractivity contribution in [3.8, 4) is 17.1 Å². The molecule has 0 amide bonds. The molecule has 0 spiro atoms. The van der Waals surface area contributed by atoms with E-state index in [0.717, 1.165) is 24.3 Å². The first-order valence-corrected chi connectivity index (χ1v) is 11.4. The van der Waals surface area contributed by atoms with Gasteiger partial charge in [0.1, 0.15) is 11.5 Å². The van der Waals surface area contributed by atoms with Gasteiger partial charge in [-0.2, -0.15) is 13.2 Å². The van der Waals surface area contributed by atoms with Crippen molar-refractivity contribution < 1.29 is 30.7 Å². The van der Waals surface area contributed by atoms with Gasteiger partial charge in [-0.05, 0) is 43.2 Å². The van der Waals surface area contributed by atoms with Crippen molar-refractivity contribution in [2.75, 3.05) is 6.61 Å². The quantitative estimate of drug-likeness (QED) is 0.542. The molecule has 1 fully saturated rings. The standard InChI is InChI=1S/C21H17ClF3NO5S/c22-15-3-1-2-13-16(27)11-18(31-19(13)15)14-5-4-12(21(23,24)25)10-17(14)30-9-8-20(6-7-20)32(26,28)29/h1-5,10-11H,6-9H2,(H2,26,28,29). The Morgan fingerprint density at radius 2 is 1.88 bits per heavy atom. The van der Waals surface area contributed by atoms with Crippen LogP contribution in [0.25, 0.3) is 22.3 Å². The fourth-order valence-corrected chi connectivity index (χ4v) is 4.71. The Morgan fingerprint density at radius 1 is 1.16 bits per heavy atom. The Morgan fingerprint density at radius 3 is 2.50 bits per heavy atom. The van der Waals surface area contributed by atoms with Gasteiger partial charge in [0.15, 0.2) is 11.0 Å². The molecule has 1 saturated carbocycles. The van der Waals surface area contributed by atoms with Crippen LogP contribution in [0.15, 0.2) is 51.7 Å². The summed E-state index contributed by atoms with van der Waals surface area (Å²) in [6.45, 7) is -0.191. The molecule has 1 aliphatic rings. The van der Waals surface area contributed by atoms with Crippen LogP contribution in [0.2, 0.25) is 5.02 Å². The number of sulfonamides is 1. The minimum absolute atomic E-state index is 0.0228. The molecule has 0 atom stereocenters. The van der Waals surface area contributed by atoms with E-state index in [2.05, 4.69) is 0 Å². The van der Waals surface area contributed by atoms with Gasteiger partial charge in [0.05, 0.1) is 32.9 Å². The molecule has 0 saturated heterocycles. The molecule has 0 aliphatic heterocycles. The average molecular weight is 488 g/mol. The van der Waals surface area contributed by atoms with Crippen molar-refractivity contribution in [3.05, 3.63) is 63.3 Å². The molecular weight excluding hydrogens is 471 g/mol. The van der Waals surface area contributed by atoms with E-state index in [4.69, 9.17) is 25.9 Å². The number of hydrogen-bond donors (Lipinski definition) is 1. The molecular formula is C21H17ClF3NO5S. The molecule has 170 valence electrons. The van der Waals surface area contributed by atoms with Crippen molar-refractivity contribution in [3.63, 3.8) is 0 Å². The topological polar surface area (TPSA) is 99.6 Å². The fraction of sp³-hybridized carbons (Fsp3) is 0.286. The predicted octanol–water partition coefficient (Wildman–Crippen LogP) is 4.72. The molecule has 1 aliphatic carbocycles. The third-order valence-corrected chi connectivity index (χ3v) is 7.62. The van der Waals surface area contributed by atoms with E-state index in [9.17, 15) is 26.4 Å². The largest absolute Gasteiger partial charge is 0.493 e.